The third-order valence-electron chi connectivity index (χ3n) is 3.35. The Morgan fingerprint density at radius 1 is 1.61 bits per heavy atom. The Hall–Kier alpha value is -3.09. The van der Waals surface area contributed by atoms with Gasteiger partial charge in [-0.15, -0.1) is 10.2 Å². The van der Waals surface area contributed by atoms with Crippen LogP contribution in [-0.4, -0.2) is 37.5 Å². The van der Waals surface area contributed by atoms with E-state index in [4.69, 9.17) is 11.0 Å². The number of nitrogens with zero attached hydrogens (tertiary/aromatic N) is 5. The first-order valence-electron chi connectivity index (χ1n) is 7.14. The van der Waals surface area contributed by atoms with Gasteiger partial charge in [0.1, 0.15) is 18.0 Å². The molecule has 122 valence electrons. The van der Waals surface area contributed by atoms with E-state index in [2.05, 4.69) is 31.0 Å². The molecule has 1 atom stereocenters. The molecule has 0 spiro atoms. The Morgan fingerprint density at radius 3 is 3.04 bits per heavy atom. The van der Waals surface area contributed by atoms with Gasteiger partial charge in [0.25, 0.3) is 0 Å². The van der Waals surface area contributed by atoms with E-state index >= 15 is 0 Å². The van der Waals surface area contributed by atoms with Crippen LogP contribution in [0.3, 0.4) is 0 Å². The van der Waals surface area contributed by atoms with Gasteiger partial charge in [0.2, 0.25) is 0 Å². The summed E-state index contributed by atoms with van der Waals surface area (Å²) < 4.78 is 1.75. The second-order valence-electron chi connectivity index (χ2n) is 5.10. The van der Waals surface area contributed by atoms with E-state index in [1.165, 1.54) is 0 Å². The van der Waals surface area contributed by atoms with E-state index in [1.807, 2.05) is 20.0 Å². The van der Waals surface area contributed by atoms with Gasteiger partial charge in [0, 0.05) is 13.6 Å². The minimum absolute atomic E-state index is 0.200. The zero-order valence-electron chi connectivity index (χ0n) is 13.0. The summed E-state index contributed by atoms with van der Waals surface area (Å²) in [6.45, 7) is 2.29. The summed E-state index contributed by atoms with van der Waals surface area (Å²) in [7, 11) is 1.81. The lowest BCUT2D eigenvalue weighted by Crippen LogP contribution is -2.38. The van der Waals surface area contributed by atoms with Crippen LogP contribution < -0.4 is 16.4 Å². The van der Waals surface area contributed by atoms with Crippen LogP contribution in [0.4, 0.5) is 10.6 Å². The van der Waals surface area contributed by atoms with Gasteiger partial charge in [-0.3, -0.25) is 5.10 Å². The standard InChI is InChI=1S/C13H19N9O/c1-8(12-21-17-7-22(12)2)18-13(23)16-5-3-4-10-9(6-14)11(15)20-19-10/h7-8H,3-5H2,1-2H3,(H3,15,19,20)(H2,16,18,23). The molecule has 10 heteroatoms. The first-order valence-corrected chi connectivity index (χ1v) is 7.14. The average Bonchev–Trinajstić information content (AvgIpc) is 3.09. The van der Waals surface area contributed by atoms with Gasteiger partial charge in [-0.25, -0.2) is 4.79 Å². The third kappa shape index (κ3) is 3.97. The maximum absolute atomic E-state index is 11.8. The number of nitriles is 1. The Bertz CT molecular complexity index is 711. The number of urea groups is 1. The highest BCUT2D eigenvalue weighted by atomic mass is 16.2. The summed E-state index contributed by atoms with van der Waals surface area (Å²) in [6, 6.07) is 1.47. The minimum Gasteiger partial charge on any atom is -0.381 e. The lowest BCUT2D eigenvalue weighted by Gasteiger charge is -2.13. The molecule has 0 bridgehead atoms. The van der Waals surface area contributed by atoms with Crippen molar-refractivity contribution in [2.45, 2.75) is 25.8 Å². The number of hydrogen-bond acceptors (Lipinski definition) is 6. The molecule has 5 N–H and O–H groups in total. The summed E-state index contributed by atoms with van der Waals surface area (Å²) in [6.07, 6.45) is 2.81. The van der Waals surface area contributed by atoms with Gasteiger partial charge in [-0.1, -0.05) is 0 Å². The number of amides is 2. The predicted molar refractivity (Wildman–Crippen MR) is 82.0 cm³/mol. The maximum atomic E-state index is 11.8. The Morgan fingerprint density at radius 2 is 2.39 bits per heavy atom. The van der Waals surface area contributed by atoms with Crippen molar-refractivity contribution in [3.05, 3.63) is 23.4 Å². The van der Waals surface area contributed by atoms with Crippen molar-refractivity contribution in [2.75, 3.05) is 12.3 Å². The number of carbonyl (C=O) groups excluding carboxylic acids is 1. The Kier molecular flexibility index (Phi) is 5.14. The topological polar surface area (TPSA) is 150 Å². The molecule has 2 aromatic heterocycles. The Balaban J connectivity index is 1.73. The fraction of sp³-hybridized carbons (Fsp3) is 0.462. The van der Waals surface area contributed by atoms with Crippen LogP contribution in [-0.2, 0) is 13.5 Å². The third-order valence-corrected chi connectivity index (χ3v) is 3.35. The maximum Gasteiger partial charge on any atom is 0.315 e. The molecule has 0 aliphatic carbocycles. The molecule has 23 heavy (non-hydrogen) atoms. The number of nitrogens with one attached hydrogen (secondary N) is 3. The van der Waals surface area contributed by atoms with Crippen molar-refractivity contribution in [1.82, 2.24) is 35.6 Å². The first-order chi connectivity index (χ1) is 11.0. The molecule has 0 radical (unpaired) electrons. The molecule has 0 aromatic carbocycles. The molecule has 0 aliphatic heterocycles. The highest BCUT2D eigenvalue weighted by molar-refractivity contribution is 5.74. The Labute approximate surface area is 133 Å². The fourth-order valence-corrected chi connectivity index (χ4v) is 2.16. The van der Waals surface area contributed by atoms with Crippen LogP contribution in [0.2, 0.25) is 0 Å². The zero-order chi connectivity index (χ0) is 16.8. The number of hydrogen-bond donors (Lipinski definition) is 4. The van der Waals surface area contributed by atoms with Gasteiger partial charge in [0.05, 0.1) is 11.7 Å². The van der Waals surface area contributed by atoms with Crippen molar-refractivity contribution >= 4 is 11.8 Å². The van der Waals surface area contributed by atoms with Crippen molar-refractivity contribution in [1.29, 1.82) is 5.26 Å². The molecule has 2 amide bonds. The van der Waals surface area contributed by atoms with E-state index in [0.717, 1.165) is 0 Å². The zero-order valence-corrected chi connectivity index (χ0v) is 13.0. The summed E-state index contributed by atoms with van der Waals surface area (Å²) in [5, 5.41) is 28.7. The van der Waals surface area contributed by atoms with Crippen LogP contribution in [0.5, 0.6) is 0 Å². The number of aromatic nitrogens is 5. The summed E-state index contributed by atoms with van der Waals surface area (Å²) >= 11 is 0. The summed E-state index contributed by atoms with van der Waals surface area (Å²) in [5.41, 5.74) is 6.61. The molecule has 2 aromatic rings. The van der Waals surface area contributed by atoms with Crippen molar-refractivity contribution in [2.24, 2.45) is 7.05 Å². The highest BCUT2D eigenvalue weighted by Crippen LogP contribution is 2.13. The van der Waals surface area contributed by atoms with Crippen LogP contribution in [0, 0.1) is 11.3 Å². The van der Waals surface area contributed by atoms with Crippen LogP contribution in [0.15, 0.2) is 6.33 Å². The van der Waals surface area contributed by atoms with Crippen LogP contribution in [0.25, 0.3) is 0 Å². The predicted octanol–water partition coefficient (Wildman–Crippen LogP) is -0.0149. The molecule has 0 saturated heterocycles. The molecule has 2 heterocycles. The lowest BCUT2D eigenvalue weighted by atomic mass is 10.1. The largest absolute Gasteiger partial charge is 0.381 e. The number of nitrogens with two attached hydrogens (primary N) is 1. The molecule has 0 saturated carbocycles. The average molecular weight is 317 g/mol. The summed E-state index contributed by atoms with van der Waals surface area (Å²) in [4.78, 5) is 11.8. The van der Waals surface area contributed by atoms with Crippen molar-refractivity contribution in [3.8, 4) is 6.07 Å². The van der Waals surface area contributed by atoms with Gasteiger partial charge < -0.3 is 20.9 Å². The van der Waals surface area contributed by atoms with Crippen molar-refractivity contribution in [3.63, 3.8) is 0 Å². The van der Waals surface area contributed by atoms with Gasteiger partial charge >= 0.3 is 6.03 Å². The van der Waals surface area contributed by atoms with Gasteiger partial charge in [-0.05, 0) is 19.8 Å². The monoisotopic (exact) mass is 317 g/mol. The summed E-state index contributed by atoms with van der Waals surface area (Å²) in [5.74, 6) is 0.873. The van der Waals surface area contributed by atoms with Gasteiger partial charge in [-0.2, -0.15) is 10.4 Å². The van der Waals surface area contributed by atoms with E-state index in [-0.39, 0.29) is 17.9 Å². The van der Waals surface area contributed by atoms with Gasteiger partial charge in [0.15, 0.2) is 11.6 Å². The highest BCUT2D eigenvalue weighted by Gasteiger charge is 2.14. The van der Waals surface area contributed by atoms with Crippen LogP contribution >= 0.6 is 0 Å². The second-order valence-corrected chi connectivity index (χ2v) is 5.10. The van der Waals surface area contributed by atoms with Crippen molar-refractivity contribution < 1.29 is 4.79 Å². The smallest absolute Gasteiger partial charge is 0.315 e. The van der Waals surface area contributed by atoms with E-state index < -0.39 is 0 Å². The quantitative estimate of drug-likeness (QED) is 0.550. The number of nitrogen functional groups attached to an aromatic ring is 1. The molecular formula is C13H19N9O. The lowest BCUT2D eigenvalue weighted by molar-refractivity contribution is 0.237. The molecule has 2 rings (SSSR count). The molecule has 10 nitrogen and oxygen atoms in total. The number of H-pyrrole nitrogens is 1. The molecular weight excluding hydrogens is 298 g/mol. The molecule has 0 aliphatic rings. The number of anilines is 1. The number of rotatable bonds is 6. The number of aromatic amines is 1. The SMILES string of the molecule is CC(NC(=O)NCCCc1[nH]nc(N)c1C#N)c1nncn1C. The van der Waals surface area contributed by atoms with E-state index in [0.29, 0.717) is 36.5 Å². The fourth-order valence-electron chi connectivity index (χ4n) is 2.16. The normalized spacial score (nSPS) is 11.7. The number of carbonyl (C=O) groups is 1. The molecule has 1 unspecified atom stereocenters. The minimum atomic E-state index is -0.287. The molecule has 0 fully saturated rings. The van der Waals surface area contributed by atoms with E-state index in [9.17, 15) is 4.79 Å². The number of aryl methyl sites for hydroxylation is 2. The second kappa shape index (κ2) is 7.26. The van der Waals surface area contributed by atoms with E-state index in [1.54, 1.807) is 10.9 Å². The first kappa shape index (κ1) is 16.3. The van der Waals surface area contributed by atoms with Crippen LogP contribution in [0.1, 0.15) is 36.5 Å².